The molecule has 2 heteroatoms. The van der Waals surface area contributed by atoms with Crippen LogP contribution >= 0.6 is 0 Å². The van der Waals surface area contributed by atoms with Gasteiger partial charge in [-0.3, -0.25) is 4.79 Å². The van der Waals surface area contributed by atoms with Crippen molar-refractivity contribution in [3.63, 3.8) is 0 Å². The van der Waals surface area contributed by atoms with Gasteiger partial charge in [0, 0.05) is 19.5 Å². The van der Waals surface area contributed by atoms with E-state index in [2.05, 4.69) is 77.7 Å². The first-order valence-corrected chi connectivity index (χ1v) is 9.60. The number of hydrogen-bond donors (Lipinski definition) is 0. The molecule has 1 amide bonds. The summed E-state index contributed by atoms with van der Waals surface area (Å²) in [5, 5.41) is 2.51. The standard InChI is InChI=1S/C24H25NO/c26-24(13-11-19-10-12-21-8-4-5-9-23(21)18-19)25-16-14-22(15-17-25)20-6-2-1-3-7-20/h1-10,12,18,22H,11,13-17H2. The maximum atomic E-state index is 12.6. The van der Waals surface area contributed by atoms with Gasteiger partial charge in [0.15, 0.2) is 0 Å². The van der Waals surface area contributed by atoms with Crippen molar-refractivity contribution in [2.24, 2.45) is 0 Å². The molecule has 0 N–H and O–H groups in total. The second-order valence-electron chi connectivity index (χ2n) is 7.25. The summed E-state index contributed by atoms with van der Waals surface area (Å²) >= 11 is 0. The Morgan fingerprint density at radius 2 is 1.54 bits per heavy atom. The van der Waals surface area contributed by atoms with Crippen LogP contribution in [0.15, 0.2) is 72.8 Å². The third-order valence-corrected chi connectivity index (χ3v) is 5.56. The molecule has 0 atom stereocenters. The molecular weight excluding hydrogens is 318 g/mol. The minimum absolute atomic E-state index is 0.296. The van der Waals surface area contributed by atoms with Gasteiger partial charge in [-0.05, 0) is 47.1 Å². The highest BCUT2D eigenvalue weighted by atomic mass is 16.2. The average Bonchev–Trinajstić information content (AvgIpc) is 2.72. The molecule has 0 aromatic heterocycles. The van der Waals surface area contributed by atoms with Crippen molar-refractivity contribution in [2.75, 3.05) is 13.1 Å². The Morgan fingerprint density at radius 1 is 0.846 bits per heavy atom. The summed E-state index contributed by atoms with van der Waals surface area (Å²) in [7, 11) is 0. The molecular formula is C24H25NO. The van der Waals surface area contributed by atoms with Gasteiger partial charge in [-0.25, -0.2) is 0 Å². The molecule has 2 nitrogen and oxygen atoms in total. The molecule has 132 valence electrons. The van der Waals surface area contributed by atoms with Crippen LogP contribution in [-0.2, 0) is 11.2 Å². The molecule has 0 unspecified atom stereocenters. The van der Waals surface area contributed by atoms with Gasteiger partial charge in [0.25, 0.3) is 0 Å². The smallest absolute Gasteiger partial charge is 0.222 e. The molecule has 1 aliphatic heterocycles. The number of rotatable bonds is 4. The maximum Gasteiger partial charge on any atom is 0.222 e. The number of piperidine rings is 1. The van der Waals surface area contributed by atoms with E-state index in [0.29, 0.717) is 18.2 Å². The first-order valence-electron chi connectivity index (χ1n) is 9.60. The Balaban J connectivity index is 1.31. The van der Waals surface area contributed by atoms with E-state index in [1.54, 1.807) is 0 Å². The van der Waals surface area contributed by atoms with Crippen molar-refractivity contribution in [1.29, 1.82) is 0 Å². The minimum atomic E-state index is 0.296. The van der Waals surface area contributed by atoms with Crippen molar-refractivity contribution in [2.45, 2.75) is 31.6 Å². The van der Waals surface area contributed by atoms with Crippen molar-refractivity contribution >= 4 is 16.7 Å². The number of aryl methyl sites for hydroxylation is 1. The number of hydrogen-bond acceptors (Lipinski definition) is 1. The van der Waals surface area contributed by atoms with Gasteiger partial charge in [-0.15, -0.1) is 0 Å². The van der Waals surface area contributed by atoms with E-state index in [4.69, 9.17) is 0 Å². The lowest BCUT2D eigenvalue weighted by Crippen LogP contribution is -2.38. The molecule has 1 saturated heterocycles. The molecule has 4 rings (SSSR count). The molecule has 1 fully saturated rings. The first kappa shape index (κ1) is 16.8. The maximum absolute atomic E-state index is 12.6. The molecule has 3 aromatic rings. The zero-order valence-electron chi connectivity index (χ0n) is 15.1. The Bertz CT molecular complexity index is 879. The molecule has 26 heavy (non-hydrogen) atoms. The Kier molecular flexibility index (Phi) is 5.01. The van der Waals surface area contributed by atoms with Gasteiger partial charge >= 0.3 is 0 Å². The van der Waals surface area contributed by atoms with Crippen LogP contribution in [0.4, 0.5) is 0 Å². The second-order valence-corrected chi connectivity index (χ2v) is 7.25. The number of carbonyl (C=O) groups excluding carboxylic acids is 1. The lowest BCUT2D eigenvalue weighted by atomic mass is 9.89. The first-order chi connectivity index (χ1) is 12.8. The van der Waals surface area contributed by atoms with Crippen LogP contribution in [0.1, 0.15) is 36.3 Å². The van der Waals surface area contributed by atoms with E-state index in [1.807, 2.05) is 0 Å². The summed E-state index contributed by atoms with van der Waals surface area (Å²) in [6, 6.07) is 25.6. The van der Waals surface area contributed by atoms with E-state index >= 15 is 0 Å². The predicted octanol–water partition coefficient (Wildman–Crippen LogP) is 5.18. The minimum Gasteiger partial charge on any atom is -0.343 e. The molecule has 0 spiro atoms. The number of amides is 1. The predicted molar refractivity (Wildman–Crippen MR) is 107 cm³/mol. The fourth-order valence-electron chi connectivity index (χ4n) is 3.99. The summed E-state index contributed by atoms with van der Waals surface area (Å²) in [6.07, 6.45) is 3.58. The SMILES string of the molecule is O=C(CCc1ccc2ccccc2c1)N1CCC(c2ccccc2)CC1. The number of nitrogens with zero attached hydrogens (tertiary/aromatic N) is 1. The Labute approximate surface area is 155 Å². The summed E-state index contributed by atoms with van der Waals surface area (Å²) < 4.78 is 0. The van der Waals surface area contributed by atoms with Crippen LogP contribution in [0.2, 0.25) is 0 Å². The van der Waals surface area contributed by atoms with Gasteiger partial charge in [0.2, 0.25) is 5.91 Å². The van der Waals surface area contributed by atoms with Crippen molar-refractivity contribution in [3.8, 4) is 0 Å². The molecule has 1 heterocycles. The van der Waals surface area contributed by atoms with Crippen LogP contribution in [-0.4, -0.2) is 23.9 Å². The average molecular weight is 343 g/mol. The third-order valence-electron chi connectivity index (χ3n) is 5.56. The summed E-state index contributed by atoms with van der Waals surface area (Å²) in [6.45, 7) is 1.77. The van der Waals surface area contributed by atoms with Gasteiger partial charge in [0.05, 0.1) is 0 Å². The van der Waals surface area contributed by atoms with E-state index in [0.717, 1.165) is 32.4 Å². The van der Waals surface area contributed by atoms with Gasteiger partial charge in [-0.2, -0.15) is 0 Å². The zero-order chi connectivity index (χ0) is 17.8. The fourth-order valence-corrected chi connectivity index (χ4v) is 3.99. The van der Waals surface area contributed by atoms with Crippen molar-refractivity contribution in [3.05, 3.63) is 83.9 Å². The highest BCUT2D eigenvalue weighted by Crippen LogP contribution is 2.28. The third kappa shape index (κ3) is 3.80. The highest BCUT2D eigenvalue weighted by molar-refractivity contribution is 5.83. The number of likely N-dealkylation sites (tertiary alicyclic amines) is 1. The normalized spacial score (nSPS) is 15.3. The van der Waals surface area contributed by atoms with Crippen LogP contribution in [0.25, 0.3) is 10.8 Å². The highest BCUT2D eigenvalue weighted by Gasteiger charge is 2.23. The fraction of sp³-hybridized carbons (Fsp3) is 0.292. The number of benzene rings is 3. The van der Waals surface area contributed by atoms with Gasteiger partial charge in [-0.1, -0.05) is 72.8 Å². The Hall–Kier alpha value is -2.61. The second kappa shape index (κ2) is 7.74. The summed E-state index contributed by atoms with van der Waals surface area (Å²) in [5.74, 6) is 0.894. The number of carbonyl (C=O) groups is 1. The molecule has 0 bridgehead atoms. The summed E-state index contributed by atoms with van der Waals surface area (Å²) in [5.41, 5.74) is 2.66. The lowest BCUT2D eigenvalue weighted by molar-refractivity contribution is -0.132. The topological polar surface area (TPSA) is 20.3 Å². The molecule has 0 aliphatic carbocycles. The monoisotopic (exact) mass is 343 g/mol. The lowest BCUT2D eigenvalue weighted by Gasteiger charge is -2.32. The largest absolute Gasteiger partial charge is 0.343 e. The van der Waals surface area contributed by atoms with Gasteiger partial charge in [0.1, 0.15) is 0 Å². The van der Waals surface area contributed by atoms with Crippen LogP contribution < -0.4 is 0 Å². The van der Waals surface area contributed by atoms with Crippen LogP contribution in [0, 0.1) is 0 Å². The summed E-state index contributed by atoms with van der Waals surface area (Å²) in [4.78, 5) is 14.7. The van der Waals surface area contributed by atoms with Crippen molar-refractivity contribution < 1.29 is 4.79 Å². The van der Waals surface area contributed by atoms with E-state index < -0.39 is 0 Å². The quantitative estimate of drug-likeness (QED) is 0.639. The molecule has 0 radical (unpaired) electrons. The molecule has 3 aromatic carbocycles. The number of fused-ring (bicyclic) bond motifs is 1. The van der Waals surface area contributed by atoms with E-state index in [1.165, 1.54) is 21.9 Å². The molecule has 1 aliphatic rings. The molecule has 0 saturated carbocycles. The van der Waals surface area contributed by atoms with Gasteiger partial charge < -0.3 is 4.90 Å². The van der Waals surface area contributed by atoms with Crippen molar-refractivity contribution in [1.82, 2.24) is 4.90 Å². The zero-order valence-corrected chi connectivity index (χ0v) is 15.1. The Morgan fingerprint density at radius 3 is 2.31 bits per heavy atom. The van der Waals surface area contributed by atoms with E-state index in [9.17, 15) is 4.79 Å². The van der Waals surface area contributed by atoms with Crippen LogP contribution in [0.5, 0.6) is 0 Å². The van der Waals surface area contributed by atoms with Crippen LogP contribution in [0.3, 0.4) is 0 Å². The van der Waals surface area contributed by atoms with E-state index in [-0.39, 0.29) is 0 Å².